The highest BCUT2D eigenvalue weighted by Gasteiger charge is 2.41. The molecule has 1 unspecified atom stereocenters. The smallest absolute Gasteiger partial charge is 0.248 e. The van der Waals surface area contributed by atoms with Gasteiger partial charge in [0.25, 0.3) is 0 Å². The molecular weight excluding hydrogens is 240 g/mol. The normalized spacial score (nSPS) is 20.1. The Morgan fingerprint density at radius 3 is 2.32 bits per heavy atom. The number of hydrogen-bond donors (Lipinski definition) is 1. The molecule has 1 saturated heterocycles. The lowest BCUT2D eigenvalue weighted by Gasteiger charge is -2.34. The van der Waals surface area contributed by atoms with Gasteiger partial charge in [-0.05, 0) is 37.3 Å². The number of nitrogens with zero attached hydrogens (tertiary/aromatic N) is 3. The van der Waals surface area contributed by atoms with E-state index in [0.717, 1.165) is 18.8 Å². The zero-order valence-corrected chi connectivity index (χ0v) is 11.8. The minimum absolute atomic E-state index is 0.155. The van der Waals surface area contributed by atoms with E-state index in [2.05, 4.69) is 23.8 Å². The van der Waals surface area contributed by atoms with Gasteiger partial charge in [0, 0.05) is 0 Å². The topological polar surface area (TPSA) is 42.8 Å². The summed E-state index contributed by atoms with van der Waals surface area (Å²) in [5.74, 6) is 0.286. The molecule has 5 heteroatoms. The van der Waals surface area contributed by atoms with Crippen LogP contribution < -0.4 is 5.01 Å². The van der Waals surface area contributed by atoms with Gasteiger partial charge in [-0.1, -0.05) is 32.0 Å². The third kappa shape index (κ3) is 2.57. The molecule has 1 heterocycles. The van der Waals surface area contributed by atoms with Crippen LogP contribution >= 0.6 is 0 Å². The fourth-order valence-electron chi connectivity index (χ4n) is 2.40. The molecular formula is C14H22N4O. The van der Waals surface area contributed by atoms with Crippen molar-refractivity contribution < 1.29 is 4.84 Å². The predicted molar refractivity (Wildman–Crippen MR) is 76.8 cm³/mol. The van der Waals surface area contributed by atoms with E-state index >= 15 is 0 Å². The summed E-state index contributed by atoms with van der Waals surface area (Å²) in [6.07, 6.45) is -0.155. The third-order valence-electron chi connectivity index (χ3n) is 3.36. The lowest BCUT2D eigenvalue weighted by molar-refractivity contribution is -0.0537. The molecule has 0 saturated carbocycles. The average Bonchev–Trinajstić information content (AvgIpc) is 2.78. The Bertz CT molecular complexity index is 419. The molecule has 104 valence electrons. The van der Waals surface area contributed by atoms with Gasteiger partial charge in [-0.15, -0.1) is 0 Å². The molecule has 1 atom stereocenters. The highest BCUT2D eigenvalue weighted by Crippen LogP contribution is 2.27. The summed E-state index contributed by atoms with van der Waals surface area (Å²) in [5, 5.41) is 11.9. The fraction of sp³-hybridized carbons (Fsp3) is 0.500. The standard InChI is InChI=1S/C14H22N4O/c1-4-16(5-2)14-13(15)19-17(6-3)18(14)12-10-8-7-9-11-12/h7-11,14-15H,4-6H2,1-3H3. The summed E-state index contributed by atoms with van der Waals surface area (Å²) < 4.78 is 0. The van der Waals surface area contributed by atoms with Crippen molar-refractivity contribution in [3.05, 3.63) is 30.3 Å². The number of hydroxylamine groups is 1. The molecule has 0 bridgehead atoms. The van der Waals surface area contributed by atoms with Crippen molar-refractivity contribution in [2.45, 2.75) is 26.9 Å². The molecule has 1 fully saturated rings. The van der Waals surface area contributed by atoms with Gasteiger partial charge >= 0.3 is 0 Å². The maximum atomic E-state index is 8.11. The maximum absolute atomic E-state index is 8.11. The van der Waals surface area contributed by atoms with Gasteiger partial charge in [0.15, 0.2) is 6.17 Å². The van der Waals surface area contributed by atoms with Crippen molar-refractivity contribution in [1.82, 2.24) is 10.1 Å². The van der Waals surface area contributed by atoms with Crippen molar-refractivity contribution in [1.29, 1.82) is 5.41 Å². The lowest BCUT2D eigenvalue weighted by atomic mass is 10.3. The summed E-state index contributed by atoms with van der Waals surface area (Å²) in [6.45, 7) is 8.70. The second kappa shape index (κ2) is 6.04. The van der Waals surface area contributed by atoms with E-state index in [1.807, 2.05) is 37.3 Å². The number of hydrogen-bond acceptors (Lipinski definition) is 5. The van der Waals surface area contributed by atoms with Crippen molar-refractivity contribution in [3.63, 3.8) is 0 Å². The molecule has 0 spiro atoms. The highest BCUT2D eigenvalue weighted by atomic mass is 16.7. The maximum Gasteiger partial charge on any atom is 0.248 e. The SMILES string of the molecule is CCN(CC)C1C(=N)ON(CC)N1c1ccccc1. The van der Waals surface area contributed by atoms with E-state index in [1.165, 1.54) is 0 Å². The first-order chi connectivity index (χ1) is 9.22. The van der Waals surface area contributed by atoms with Crippen LogP contribution in [0, 0.1) is 5.41 Å². The second-order valence-corrected chi connectivity index (χ2v) is 4.40. The zero-order valence-electron chi connectivity index (χ0n) is 11.8. The van der Waals surface area contributed by atoms with E-state index < -0.39 is 0 Å². The Balaban J connectivity index is 2.36. The van der Waals surface area contributed by atoms with E-state index in [1.54, 1.807) is 5.17 Å². The number of anilines is 1. The number of hydrazine groups is 1. The Kier molecular flexibility index (Phi) is 4.39. The molecule has 5 nitrogen and oxygen atoms in total. The first-order valence-corrected chi connectivity index (χ1v) is 6.85. The molecule has 1 aromatic carbocycles. The van der Waals surface area contributed by atoms with Crippen molar-refractivity contribution in [2.24, 2.45) is 0 Å². The van der Waals surface area contributed by atoms with Gasteiger partial charge in [0.2, 0.25) is 5.90 Å². The van der Waals surface area contributed by atoms with Crippen LogP contribution in [0.3, 0.4) is 0 Å². The van der Waals surface area contributed by atoms with Gasteiger partial charge in [-0.3, -0.25) is 10.3 Å². The van der Waals surface area contributed by atoms with Gasteiger partial charge in [0.05, 0.1) is 12.2 Å². The van der Waals surface area contributed by atoms with E-state index in [4.69, 9.17) is 10.2 Å². The fourth-order valence-corrected chi connectivity index (χ4v) is 2.40. The Morgan fingerprint density at radius 2 is 1.79 bits per heavy atom. The van der Waals surface area contributed by atoms with Gasteiger partial charge in [-0.2, -0.15) is 0 Å². The first kappa shape index (κ1) is 13.8. The Morgan fingerprint density at radius 1 is 1.16 bits per heavy atom. The second-order valence-electron chi connectivity index (χ2n) is 4.40. The highest BCUT2D eigenvalue weighted by molar-refractivity contribution is 5.83. The van der Waals surface area contributed by atoms with E-state index in [0.29, 0.717) is 6.54 Å². The summed E-state index contributed by atoms with van der Waals surface area (Å²) in [6, 6.07) is 10.1. The number of benzene rings is 1. The van der Waals surface area contributed by atoms with Crippen molar-refractivity contribution >= 4 is 11.6 Å². The monoisotopic (exact) mass is 262 g/mol. The number of nitrogens with one attached hydrogen (secondary N) is 1. The third-order valence-corrected chi connectivity index (χ3v) is 3.36. The minimum atomic E-state index is -0.155. The predicted octanol–water partition coefficient (Wildman–Crippen LogP) is 2.32. The molecule has 0 radical (unpaired) electrons. The van der Waals surface area contributed by atoms with Gasteiger partial charge in [0.1, 0.15) is 0 Å². The van der Waals surface area contributed by atoms with Crippen molar-refractivity contribution in [3.8, 4) is 0 Å². The van der Waals surface area contributed by atoms with Crippen LogP contribution in [0.15, 0.2) is 30.3 Å². The summed E-state index contributed by atoms with van der Waals surface area (Å²) >= 11 is 0. The quantitative estimate of drug-likeness (QED) is 0.884. The van der Waals surface area contributed by atoms with Crippen molar-refractivity contribution in [2.75, 3.05) is 24.6 Å². The van der Waals surface area contributed by atoms with Crippen LogP contribution in [0.2, 0.25) is 0 Å². The molecule has 19 heavy (non-hydrogen) atoms. The molecule has 1 aromatic rings. The van der Waals surface area contributed by atoms with Gasteiger partial charge < -0.3 is 4.84 Å². The molecule has 2 rings (SSSR count). The van der Waals surface area contributed by atoms with Gasteiger partial charge in [-0.25, -0.2) is 5.01 Å². The lowest BCUT2D eigenvalue weighted by Crippen LogP contribution is -2.51. The number of para-hydroxylation sites is 1. The zero-order chi connectivity index (χ0) is 13.8. The van der Waals surface area contributed by atoms with Crippen LogP contribution in [-0.4, -0.2) is 41.8 Å². The van der Waals surface area contributed by atoms with Crippen LogP contribution in [-0.2, 0) is 4.84 Å². The summed E-state index contributed by atoms with van der Waals surface area (Å²) in [7, 11) is 0. The van der Waals surface area contributed by atoms with E-state index in [-0.39, 0.29) is 12.1 Å². The Labute approximate surface area is 114 Å². The average molecular weight is 262 g/mol. The summed E-state index contributed by atoms with van der Waals surface area (Å²) in [4.78, 5) is 7.79. The molecule has 1 aliphatic rings. The van der Waals surface area contributed by atoms with Crippen LogP contribution in [0.4, 0.5) is 5.69 Å². The van der Waals surface area contributed by atoms with Crippen LogP contribution in [0.1, 0.15) is 20.8 Å². The summed E-state index contributed by atoms with van der Waals surface area (Å²) in [5.41, 5.74) is 1.04. The Hall–Kier alpha value is -1.59. The molecule has 0 amide bonds. The van der Waals surface area contributed by atoms with Crippen LogP contribution in [0.5, 0.6) is 0 Å². The molecule has 1 N–H and O–H groups in total. The van der Waals surface area contributed by atoms with Crippen LogP contribution in [0.25, 0.3) is 0 Å². The molecule has 0 aliphatic carbocycles. The number of likely N-dealkylation sites (N-methyl/N-ethyl adjacent to an activating group) is 1. The van der Waals surface area contributed by atoms with E-state index in [9.17, 15) is 0 Å². The largest absolute Gasteiger partial charge is 0.367 e. The minimum Gasteiger partial charge on any atom is -0.367 e. The molecule has 1 aliphatic heterocycles. The molecule has 0 aromatic heterocycles. The number of rotatable bonds is 5. The first-order valence-electron chi connectivity index (χ1n) is 6.85.